The van der Waals surface area contributed by atoms with Crippen LogP contribution in [0.25, 0.3) is 10.9 Å². The number of benzene rings is 1. The second-order valence-electron chi connectivity index (χ2n) is 6.57. The Bertz CT molecular complexity index is 732. The van der Waals surface area contributed by atoms with Crippen LogP contribution in [0.15, 0.2) is 42.0 Å². The number of nitrogens with one attached hydrogen (secondary N) is 1. The number of rotatable bonds is 6. The molecule has 5 nitrogen and oxygen atoms in total. The molecule has 1 aliphatic rings. The third-order valence-electron chi connectivity index (χ3n) is 4.89. The summed E-state index contributed by atoms with van der Waals surface area (Å²) in [7, 11) is 0. The lowest BCUT2D eigenvalue weighted by molar-refractivity contribution is 0.0348. The number of Topliss-reactive ketones (excluding diaryl/α,β-unsaturated/α-hetero) is 1. The molecule has 1 unspecified atom stereocenters. The van der Waals surface area contributed by atoms with Crippen LogP contribution in [0, 0.1) is 5.92 Å². The number of carbonyl (C=O) groups excluding carboxylic acids is 1. The van der Waals surface area contributed by atoms with Crippen molar-refractivity contribution in [2.45, 2.75) is 26.5 Å². The molecule has 2 atom stereocenters. The van der Waals surface area contributed by atoms with Gasteiger partial charge in [0.1, 0.15) is 6.23 Å². The lowest BCUT2D eigenvalue weighted by atomic mass is 9.86. The van der Waals surface area contributed by atoms with E-state index >= 15 is 0 Å². The van der Waals surface area contributed by atoms with Crippen LogP contribution in [-0.4, -0.2) is 48.1 Å². The number of fused-ring (bicyclic) bond motifs is 1. The number of H-pyrrole nitrogens is 1. The predicted molar refractivity (Wildman–Crippen MR) is 101 cm³/mol. The summed E-state index contributed by atoms with van der Waals surface area (Å²) in [6.45, 7) is 6.89. The number of hydrogen-bond donors (Lipinski definition) is 2. The number of aromatic amines is 1. The Morgan fingerprint density at radius 2 is 2.28 bits per heavy atom. The van der Waals surface area contributed by atoms with Crippen LogP contribution in [0.1, 0.15) is 30.8 Å². The number of piperidine rings is 1. The number of carbonyl (C=O) groups is 1. The van der Waals surface area contributed by atoms with Crippen molar-refractivity contribution < 1.29 is 9.53 Å². The van der Waals surface area contributed by atoms with Gasteiger partial charge in [-0.2, -0.15) is 0 Å². The quantitative estimate of drug-likeness (QED) is 0.481. The zero-order valence-corrected chi connectivity index (χ0v) is 15.0. The number of nitrogens with zero attached hydrogens (tertiary/aromatic N) is 1. The van der Waals surface area contributed by atoms with Crippen LogP contribution in [0.4, 0.5) is 0 Å². The highest BCUT2D eigenvalue weighted by atomic mass is 16.5. The van der Waals surface area contributed by atoms with Crippen LogP contribution < -0.4 is 5.73 Å². The topological polar surface area (TPSA) is 71.3 Å². The Balaban J connectivity index is 1.71. The van der Waals surface area contributed by atoms with E-state index in [2.05, 4.69) is 16.0 Å². The fourth-order valence-corrected chi connectivity index (χ4v) is 3.61. The van der Waals surface area contributed by atoms with Crippen molar-refractivity contribution in [1.29, 1.82) is 0 Å². The van der Waals surface area contributed by atoms with E-state index in [1.165, 1.54) is 5.57 Å². The molecule has 1 aromatic carbocycles. The van der Waals surface area contributed by atoms with Gasteiger partial charge in [0.2, 0.25) is 0 Å². The molecule has 3 rings (SSSR count). The van der Waals surface area contributed by atoms with Gasteiger partial charge in [0, 0.05) is 36.5 Å². The number of para-hydroxylation sites is 1. The summed E-state index contributed by atoms with van der Waals surface area (Å²) in [5.74, 6) is 0.121. The smallest absolute Gasteiger partial charge is 0.186 e. The Morgan fingerprint density at radius 3 is 3.00 bits per heavy atom. The first-order valence-electron chi connectivity index (χ1n) is 8.99. The molecule has 0 spiro atoms. The summed E-state index contributed by atoms with van der Waals surface area (Å²) < 4.78 is 5.44. The van der Waals surface area contributed by atoms with Gasteiger partial charge in [-0.3, -0.25) is 9.69 Å². The number of likely N-dealkylation sites (tertiary alicyclic amines) is 1. The SMILES string of the molecule is C/C=C1/CN(CC(N)OCC)CC[C@H]1C(=O)c1cc2ccccc2[nH]1. The third-order valence-corrected chi connectivity index (χ3v) is 4.89. The minimum absolute atomic E-state index is 0.0577. The molecule has 1 fully saturated rings. The van der Waals surface area contributed by atoms with Gasteiger partial charge in [-0.25, -0.2) is 0 Å². The highest BCUT2D eigenvalue weighted by Crippen LogP contribution is 2.28. The number of nitrogens with two attached hydrogens (primary N) is 1. The first-order chi connectivity index (χ1) is 12.1. The summed E-state index contributed by atoms with van der Waals surface area (Å²) >= 11 is 0. The third kappa shape index (κ3) is 4.00. The minimum Gasteiger partial charge on any atom is -0.363 e. The average Bonchev–Trinajstić information content (AvgIpc) is 3.05. The molecule has 0 amide bonds. The number of ether oxygens (including phenoxy) is 1. The van der Waals surface area contributed by atoms with Crippen molar-refractivity contribution in [3.8, 4) is 0 Å². The maximum atomic E-state index is 13.0. The number of aromatic nitrogens is 1. The second kappa shape index (κ2) is 7.95. The number of allylic oxidation sites excluding steroid dienone is 1. The van der Waals surface area contributed by atoms with E-state index in [4.69, 9.17) is 10.5 Å². The van der Waals surface area contributed by atoms with Crippen molar-refractivity contribution in [3.63, 3.8) is 0 Å². The number of ketones is 1. The van der Waals surface area contributed by atoms with Gasteiger partial charge in [-0.1, -0.05) is 24.3 Å². The van der Waals surface area contributed by atoms with E-state index in [1.807, 2.05) is 44.2 Å². The van der Waals surface area contributed by atoms with Crippen molar-refractivity contribution in [3.05, 3.63) is 47.7 Å². The molecule has 2 aromatic rings. The molecule has 25 heavy (non-hydrogen) atoms. The van der Waals surface area contributed by atoms with E-state index < -0.39 is 0 Å². The van der Waals surface area contributed by atoms with E-state index in [1.54, 1.807) is 0 Å². The first kappa shape index (κ1) is 17.9. The molecule has 1 saturated heterocycles. The molecule has 0 radical (unpaired) electrons. The minimum atomic E-state index is -0.274. The van der Waals surface area contributed by atoms with E-state index in [9.17, 15) is 4.79 Å². The molecular weight excluding hydrogens is 314 g/mol. The van der Waals surface area contributed by atoms with E-state index in [0.717, 1.165) is 30.4 Å². The van der Waals surface area contributed by atoms with Gasteiger partial charge < -0.3 is 15.5 Å². The van der Waals surface area contributed by atoms with Crippen LogP contribution in [-0.2, 0) is 4.74 Å². The molecule has 5 heteroatoms. The Hall–Kier alpha value is -1.95. The normalized spacial score (nSPS) is 21.7. The lowest BCUT2D eigenvalue weighted by Gasteiger charge is -2.34. The summed E-state index contributed by atoms with van der Waals surface area (Å²) in [5.41, 5.74) is 8.85. The van der Waals surface area contributed by atoms with Crippen molar-refractivity contribution in [2.24, 2.45) is 11.7 Å². The Morgan fingerprint density at radius 1 is 1.48 bits per heavy atom. The van der Waals surface area contributed by atoms with Crippen LogP contribution >= 0.6 is 0 Å². The van der Waals surface area contributed by atoms with Crippen LogP contribution in [0.2, 0.25) is 0 Å². The molecule has 0 bridgehead atoms. The number of hydrogen-bond acceptors (Lipinski definition) is 4. The maximum absolute atomic E-state index is 13.0. The summed E-state index contributed by atoms with van der Waals surface area (Å²) in [6, 6.07) is 9.95. The highest BCUT2D eigenvalue weighted by molar-refractivity contribution is 6.02. The fraction of sp³-hybridized carbons (Fsp3) is 0.450. The van der Waals surface area contributed by atoms with Crippen molar-refractivity contribution in [2.75, 3.05) is 26.2 Å². The molecule has 2 heterocycles. The molecule has 134 valence electrons. The van der Waals surface area contributed by atoms with Crippen LogP contribution in [0.3, 0.4) is 0 Å². The van der Waals surface area contributed by atoms with Gasteiger partial charge in [-0.05, 0) is 44.5 Å². The van der Waals surface area contributed by atoms with E-state index in [-0.39, 0.29) is 17.9 Å². The van der Waals surface area contributed by atoms with Crippen LogP contribution in [0.5, 0.6) is 0 Å². The van der Waals surface area contributed by atoms with Gasteiger partial charge >= 0.3 is 0 Å². The average molecular weight is 341 g/mol. The summed E-state index contributed by atoms with van der Waals surface area (Å²) in [4.78, 5) is 18.6. The fourth-order valence-electron chi connectivity index (χ4n) is 3.61. The highest BCUT2D eigenvalue weighted by Gasteiger charge is 2.30. The molecule has 1 aliphatic heterocycles. The van der Waals surface area contributed by atoms with Gasteiger partial charge in [-0.15, -0.1) is 0 Å². The lowest BCUT2D eigenvalue weighted by Crippen LogP contribution is -2.45. The monoisotopic (exact) mass is 341 g/mol. The zero-order valence-electron chi connectivity index (χ0n) is 15.0. The second-order valence-corrected chi connectivity index (χ2v) is 6.57. The van der Waals surface area contributed by atoms with Crippen molar-refractivity contribution >= 4 is 16.7 Å². The van der Waals surface area contributed by atoms with Crippen molar-refractivity contribution in [1.82, 2.24) is 9.88 Å². The zero-order chi connectivity index (χ0) is 17.8. The Kier molecular flexibility index (Phi) is 5.68. The van der Waals surface area contributed by atoms with Gasteiger partial charge in [0.15, 0.2) is 5.78 Å². The molecule has 3 N–H and O–H groups in total. The molecular formula is C20H27N3O2. The molecule has 0 aliphatic carbocycles. The van der Waals surface area contributed by atoms with Gasteiger partial charge in [0.25, 0.3) is 0 Å². The largest absolute Gasteiger partial charge is 0.363 e. The first-order valence-corrected chi connectivity index (χ1v) is 8.99. The standard InChI is InChI=1S/C20H27N3O2/c1-3-14-12-23(13-19(21)25-4-2)10-9-16(14)20(24)18-11-15-7-5-6-8-17(15)22-18/h3,5-8,11,16,19,22H,4,9-10,12-13,21H2,1-2H3/b14-3-/t16-,19?/m1/s1. The predicted octanol–water partition coefficient (Wildman–Crippen LogP) is 2.94. The summed E-state index contributed by atoms with van der Waals surface area (Å²) in [5, 5.41) is 1.08. The summed E-state index contributed by atoms with van der Waals surface area (Å²) in [6.07, 6.45) is 2.61. The molecule has 0 saturated carbocycles. The Labute approximate surface area is 148 Å². The molecule has 1 aromatic heterocycles. The van der Waals surface area contributed by atoms with Gasteiger partial charge in [0.05, 0.1) is 5.69 Å². The maximum Gasteiger partial charge on any atom is 0.186 e. The van der Waals surface area contributed by atoms with E-state index in [0.29, 0.717) is 18.8 Å².